The molecule has 0 bridgehead atoms. The van der Waals surface area contributed by atoms with Crippen molar-refractivity contribution in [1.82, 2.24) is 0 Å². The van der Waals surface area contributed by atoms with E-state index in [2.05, 4.69) is 124 Å². The van der Waals surface area contributed by atoms with Gasteiger partial charge in [0.2, 0.25) is 0 Å². The molecule has 0 spiro atoms. The summed E-state index contributed by atoms with van der Waals surface area (Å²) in [4.78, 5) is 16.4. The third-order valence-corrected chi connectivity index (χ3v) is 8.57. The number of ketones is 1. The number of rotatable bonds is 8. The Kier molecular flexibility index (Phi) is 8.40. The Morgan fingerprint density at radius 3 is 1.50 bits per heavy atom. The van der Waals surface area contributed by atoms with Crippen molar-refractivity contribution >= 4 is 38.8 Å². The molecule has 46 heavy (non-hydrogen) atoms. The average molecular weight is 657 g/mol. The zero-order valence-electron chi connectivity index (χ0n) is 25.1. The molecular formula is C43H30BrNO. The molecule has 0 atom stereocenters. The lowest BCUT2D eigenvalue weighted by atomic mass is 9.93. The fourth-order valence-corrected chi connectivity index (χ4v) is 6.32. The van der Waals surface area contributed by atoms with Gasteiger partial charge in [0, 0.05) is 38.1 Å². The van der Waals surface area contributed by atoms with Gasteiger partial charge < -0.3 is 4.90 Å². The van der Waals surface area contributed by atoms with Crippen LogP contribution in [0.5, 0.6) is 0 Å². The van der Waals surface area contributed by atoms with Crippen molar-refractivity contribution in [2.75, 3.05) is 4.90 Å². The van der Waals surface area contributed by atoms with Gasteiger partial charge in [-0.05, 0) is 58.7 Å². The molecule has 0 N–H and O–H groups in total. The van der Waals surface area contributed by atoms with E-state index in [1.165, 1.54) is 0 Å². The highest BCUT2D eigenvalue weighted by molar-refractivity contribution is 9.10. The number of para-hydroxylation sites is 1. The number of benzene rings is 7. The molecule has 2 nitrogen and oxygen atoms in total. The van der Waals surface area contributed by atoms with Gasteiger partial charge in [0.15, 0.2) is 5.78 Å². The second-order valence-corrected chi connectivity index (χ2v) is 12.0. The Balaban J connectivity index is 1.56. The van der Waals surface area contributed by atoms with E-state index in [0.29, 0.717) is 11.1 Å². The lowest BCUT2D eigenvalue weighted by Gasteiger charge is -2.31. The number of hydrogen-bond donors (Lipinski definition) is 0. The van der Waals surface area contributed by atoms with E-state index in [9.17, 15) is 4.79 Å². The summed E-state index contributed by atoms with van der Waals surface area (Å²) in [6, 6.07) is 61.8. The topological polar surface area (TPSA) is 20.3 Å². The van der Waals surface area contributed by atoms with Crippen LogP contribution in [0.2, 0.25) is 0 Å². The third kappa shape index (κ3) is 6.06. The van der Waals surface area contributed by atoms with Gasteiger partial charge in [0.1, 0.15) is 0 Å². The van der Waals surface area contributed by atoms with Crippen molar-refractivity contribution in [3.05, 3.63) is 198 Å². The van der Waals surface area contributed by atoms with Crippen molar-refractivity contribution < 1.29 is 4.79 Å². The first-order chi connectivity index (χ1) is 22.7. The molecule has 7 aromatic rings. The van der Waals surface area contributed by atoms with E-state index in [1.807, 2.05) is 78.9 Å². The summed E-state index contributed by atoms with van der Waals surface area (Å²) >= 11 is 3.74. The van der Waals surface area contributed by atoms with E-state index in [-0.39, 0.29) is 5.78 Å². The van der Waals surface area contributed by atoms with Crippen molar-refractivity contribution in [2.24, 2.45) is 0 Å². The standard InChI is InChI=1S/C43H30BrNO/c44-37-23-13-24-38(30-37)45(42-40(32-17-7-2-8-18-32)25-14-26-41(42)33-19-9-3-10-20-33)39-28-35(31-15-5-1-6-16-31)27-36(29-39)43(46)34-21-11-4-12-22-34/h1-30H. The molecule has 0 saturated heterocycles. The van der Waals surface area contributed by atoms with E-state index in [1.54, 1.807) is 0 Å². The van der Waals surface area contributed by atoms with Gasteiger partial charge in [-0.15, -0.1) is 0 Å². The number of anilines is 3. The van der Waals surface area contributed by atoms with Gasteiger partial charge in [0.25, 0.3) is 0 Å². The van der Waals surface area contributed by atoms with Crippen molar-refractivity contribution in [1.29, 1.82) is 0 Å². The normalized spacial score (nSPS) is 10.8. The highest BCUT2D eigenvalue weighted by atomic mass is 79.9. The Bertz CT molecular complexity index is 2050. The van der Waals surface area contributed by atoms with Crippen molar-refractivity contribution in [2.45, 2.75) is 0 Å². The smallest absolute Gasteiger partial charge is 0.193 e. The summed E-state index contributed by atoms with van der Waals surface area (Å²) in [6.07, 6.45) is 0. The van der Waals surface area contributed by atoms with Crippen LogP contribution in [0.4, 0.5) is 17.1 Å². The van der Waals surface area contributed by atoms with Gasteiger partial charge >= 0.3 is 0 Å². The third-order valence-electron chi connectivity index (χ3n) is 8.08. The first-order valence-corrected chi connectivity index (χ1v) is 16.0. The molecule has 0 radical (unpaired) electrons. The molecule has 0 aliphatic heterocycles. The number of carbonyl (C=O) groups is 1. The molecule has 0 amide bonds. The second-order valence-electron chi connectivity index (χ2n) is 11.1. The predicted octanol–water partition coefficient (Wildman–Crippen LogP) is 12.2. The zero-order chi connectivity index (χ0) is 31.3. The molecule has 0 unspecified atom stereocenters. The fourth-order valence-electron chi connectivity index (χ4n) is 5.93. The van der Waals surface area contributed by atoms with Gasteiger partial charge in [0.05, 0.1) is 5.69 Å². The predicted molar refractivity (Wildman–Crippen MR) is 195 cm³/mol. The highest BCUT2D eigenvalue weighted by Gasteiger charge is 2.24. The molecule has 220 valence electrons. The molecule has 3 heteroatoms. The maximum Gasteiger partial charge on any atom is 0.193 e. The van der Waals surface area contributed by atoms with Crippen LogP contribution in [0.3, 0.4) is 0 Å². The Morgan fingerprint density at radius 2 is 0.935 bits per heavy atom. The number of halogens is 1. The van der Waals surface area contributed by atoms with Gasteiger partial charge in [-0.25, -0.2) is 0 Å². The lowest BCUT2D eigenvalue weighted by Crippen LogP contribution is -2.14. The van der Waals surface area contributed by atoms with Crippen LogP contribution in [-0.2, 0) is 0 Å². The quantitative estimate of drug-likeness (QED) is 0.152. The first-order valence-electron chi connectivity index (χ1n) is 15.3. The van der Waals surface area contributed by atoms with Crippen LogP contribution in [0.15, 0.2) is 186 Å². The summed E-state index contributed by atoms with van der Waals surface area (Å²) in [7, 11) is 0. The van der Waals surface area contributed by atoms with Crippen LogP contribution < -0.4 is 4.90 Å². The van der Waals surface area contributed by atoms with Gasteiger partial charge in [-0.3, -0.25) is 4.79 Å². The molecule has 0 aliphatic carbocycles. The Morgan fingerprint density at radius 1 is 0.413 bits per heavy atom. The van der Waals surface area contributed by atoms with E-state index in [0.717, 1.165) is 54.9 Å². The number of carbonyl (C=O) groups excluding carboxylic acids is 1. The largest absolute Gasteiger partial charge is 0.309 e. The van der Waals surface area contributed by atoms with Crippen molar-refractivity contribution in [3.63, 3.8) is 0 Å². The molecule has 0 aliphatic rings. The van der Waals surface area contributed by atoms with Crippen LogP contribution in [-0.4, -0.2) is 5.78 Å². The summed E-state index contributed by atoms with van der Waals surface area (Å²) < 4.78 is 0.966. The summed E-state index contributed by atoms with van der Waals surface area (Å²) in [6.45, 7) is 0. The van der Waals surface area contributed by atoms with Crippen LogP contribution in [0, 0.1) is 0 Å². The minimum atomic E-state index is -0.0200. The average Bonchev–Trinajstić information content (AvgIpc) is 3.13. The Hall–Kier alpha value is -5.51. The molecule has 0 saturated carbocycles. The lowest BCUT2D eigenvalue weighted by molar-refractivity contribution is 0.103. The summed E-state index contributed by atoms with van der Waals surface area (Å²) in [5, 5.41) is 0. The fraction of sp³-hybridized carbons (Fsp3) is 0. The minimum Gasteiger partial charge on any atom is -0.309 e. The highest BCUT2D eigenvalue weighted by Crippen LogP contribution is 2.47. The Labute approximate surface area is 278 Å². The second kappa shape index (κ2) is 13.2. The molecule has 0 heterocycles. The zero-order valence-corrected chi connectivity index (χ0v) is 26.6. The van der Waals surface area contributed by atoms with Crippen LogP contribution >= 0.6 is 15.9 Å². The van der Waals surface area contributed by atoms with E-state index in [4.69, 9.17) is 0 Å². The summed E-state index contributed by atoms with van der Waals surface area (Å²) in [5.41, 5.74) is 10.6. The molecular weight excluding hydrogens is 626 g/mol. The molecule has 0 fully saturated rings. The van der Waals surface area contributed by atoms with Gasteiger partial charge in [-0.1, -0.05) is 162 Å². The molecule has 7 aromatic carbocycles. The minimum absolute atomic E-state index is 0.0200. The molecule has 7 rings (SSSR count). The molecule has 0 aromatic heterocycles. The monoisotopic (exact) mass is 655 g/mol. The number of hydrogen-bond acceptors (Lipinski definition) is 2. The summed E-state index contributed by atoms with van der Waals surface area (Å²) in [5.74, 6) is -0.0200. The number of nitrogens with zero attached hydrogens (tertiary/aromatic N) is 1. The van der Waals surface area contributed by atoms with Crippen LogP contribution in [0.1, 0.15) is 15.9 Å². The maximum atomic E-state index is 14.1. The van der Waals surface area contributed by atoms with Gasteiger partial charge in [-0.2, -0.15) is 0 Å². The van der Waals surface area contributed by atoms with E-state index < -0.39 is 0 Å². The van der Waals surface area contributed by atoms with Crippen molar-refractivity contribution in [3.8, 4) is 33.4 Å². The van der Waals surface area contributed by atoms with Crippen LogP contribution in [0.25, 0.3) is 33.4 Å². The SMILES string of the molecule is O=C(c1ccccc1)c1cc(-c2ccccc2)cc(N(c2cccc(Br)c2)c2c(-c3ccccc3)cccc2-c2ccccc2)c1. The maximum absolute atomic E-state index is 14.1. The van der Waals surface area contributed by atoms with E-state index >= 15 is 0 Å². The first kappa shape index (κ1) is 29.2.